The van der Waals surface area contributed by atoms with Gasteiger partial charge in [0.25, 0.3) is 0 Å². The molecule has 0 radical (unpaired) electrons. The number of aromatic nitrogens is 4. The van der Waals surface area contributed by atoms with E-state index in [0.29, 0.717) is 48.0 Å². The van der Waals surface area contributed by atoms with Gasteiger partial charge in [0.05, 0.1) is 18.7 Å². The van der Waals surface area contributed by atoms with Gasteiger partial charge in [-0.3, -0.25) is 9.78 Å². The van der Waals surface area contributed by atoms with Gasteiger partial charge in [0.15, 0.2) is 11.6 Å². The molecule has 1 saturated carbocycles. The first-order valence-electron chi connectivity index (χ1n) is 12.2. The fraction of sp³-hybridized carbons (Fsp3) is 0.407. The van der Waals surface area contributed by atoms with Crippen LogP contribution in [0.5, 0.6) is 5.75 Å². The van der Waals surface area contributed by atoms with E-state index in [4.69, 9.17) is 26.4 Å². The lowest BCUT2D eigenvalue weighted by molar-refractivity contribution is -0.133. The Bertz CT molecular complexity index is 1160. The third kappa shape index (κ3) is 6.09. The highest BCUT2D eigenvalue weighted by Crippen LogP contribution is 2.31. The molecule has 0 spiro atoms. The van der Waals surface area contributed by atoms with Crippen molar-refractivity contribution in [3.63, 3.8) is 0 Å². The van der Waals surface area contributed by atoms with Crippen molar-refractivity contribution in [2.45, 2.75) is 58.0 Å². The first-order chi connectivity index (χ1) is 17.1. The van der Waals surface area contributed by atoms with Crippen LogP contribution in [-0.2, 0) is 11.3 Å². The quantitative estimate of drug-likeness (QED) is 0.334. The van der Waals surface area contributed by atoms with Gasteiger partial charge in [0.2, 0.25) is 5.91 Å². The monoisotopic (exact) mass is 493 g/mol. The van der Waals surface area contributed by atoms with Crippen molar-refractivity contribution in [2.75, 3.05) is 13.7 Å². The lowest BCUT2D eigenvalue weighted by Crippen LogP contribution is -2.41. The molecule has 1 amide bonds. The van der Waals surface area contributed by atoms with Crippen molar-refractivity contribution >= 4 is 17.5 Å². The second-order valence-corrected chi connectivity index (χ2v) is 9.11. The molecule has 1 aliphatic rings. The lowest BCUT2D eigenvalue weighted by atomic mass is 10.1. The average molecular weight is 494 g/mol. The third-order valence-corrected chi connectivity index (χ3v) is 6.71. The van der Waals surface area contributed by atoms with Crippen LogP contribution >= 0.6 is 11.6 Å². The van der Waals surface area contributed by atoms with Crippen LogP contribution < -0.4 is 4.74 Å². The largest absolute Gasteiger partial charge is 0.495 e. The Labute approximate surface area is 211 Å². The molecule has 1 fully saturated rings. The minimum absolute atomic E-state index is 0.207. The first-order valence-corrected chi connectivity index (χ1v) is 12.6. The van der Waals surface area contributed by atoms with Gasteiger partial charge in [-0.05, 0) is 56.5 Å². The van der Waals surface area contributed by atoms with Gasteiger partial charge in [-0.25, -0.2) is 9.67 Å². The Morgan fingerprint density at radius 3 is 2.66 bits per heavy atom. The van der Waals surface area contributed by atoms with Crippen LogP contribution in [0.1, 0.15) is 45.4 Å². The number of hydrogen-bond donors (Lipinski definition) is 0. The first kappa shape index (κ1) is 24.9. The molecule has 4 rings (SSSR count). The van der Waals surface area contributed by atoms with Gasteiger partial charge >= 0.3 is 0 Å². The van der Waals surface area contributed by atoms with E-state index in [1.807, 2.05) is 48.0 Å². The second kappa shape index (κ2) is 12.0. The maximum absolute atomic E-state index is 13.1. The number of hydrogen-bond acceptors (Lipinski definition) is 5. The van der Waals surface area contributed by atoms with Crippen molar-refractivity contribution < 1.29 is 9.53 Å². The molecule has 2 aromatic heterocycles. The molecule has 3 aromatic rings. The molecular formula is C27H32ClN5O2. The highest BCUT2D eigenvalue weighted by molar-refractivity contribution is 6.32. The van der Waals surface area contributed by atoms with Crippen LogP contribution in [-0.4, -0.2) is 50.3 Å². The van der Waals surface area contributed by atoms with Crippen LogP contribution in [0, 0.1) is 0 Å². The van der Waals surface area contributed by atoms with E-state index in [9.17, 15) is 4.79 Å². The summed E-state index contributed by atoms with van der Waals surface area (Å²) in [4.78, 5) is 24.1. The molecule has 0 unspecified atom stereocenters. The summed E-state index contributed by atoms with van der Waals surface area (Å²) in [6, 6.07) is 9.68. The molecule has 35 heavy (non-hydrogen) atoms. The Balaban J connectivity index is 1.63. The number of benzene rings is 1. The van der Waals surface area contributed by atoms with E-state index < -0.39 is 0 Å². The zero-order valence-corrected chi connectivity index (χ0v) is 21.1. The second-order valence-electron chi connectivity index (χ2n) is 8.70. The smallest absolute Gasteiger partial charge is 0.223 e. The van der Waals surface area contributed by atoms with E-state index in [0.717, 1.165) is 30.4 Å². The van der Waals surface area contributed by atoms with Gasteiger partial charge in [-0.1, -0.05) is 36.6 Å². The van der Waals surface area contributed by atoms with Crippen LogP contribution in [0.4, 0.5) is 0 Å². The fourth-order valence-corrected chi connectivity index (χ4v) is 4.84. The number of ether oxygens (including phenoxy) is 1. The van der Waals surface area contributed by atoms with Gasteiger partial charge in [0, 0.05) is 42.5 Å². The summed E-state index contributed by atoms with van der Waals surface area (Å²) in [5.41, 5.74) is 1.73. The van der Waals surface area contributed by atoms with Crippen LogP contribution in [0.3, 0.4) is 0 Å². The lowest BCUT2D eigenvalue weighted by Gasteiger charge is -2.29. The minimum Gasteiger partial charge on any atom is -0.495 e. The molecule has 1 aliphatic carbocycles. The van der Waals surface area contributed by atoms with Gasteiger partial charge < -0.3 is 9.64 Å². The number of carbonyl (C=O) groups is 1. The van der Waals surface area contributed by atoms with Gasteiger partial charge in [0.1, 0.15) is 5.75 Å². The fourth-order valence-electron chi connectivity index (χ4n) is 4.59. The number of allylic oxidation sites excluding steroid dienone is 2. The molecule has 0 atom stereocenters. The standard InChI is InChI=1S/C27H32ClN5O2/c1-3-4-5-10-25(34)32(22-8-6-7-9-22)17-18-33-27(21-11-12-24(35-2)23(28)19-21)30-26(31-33)20-13-15-29-16-14-20/h3-4,11-16,19,22H,5-10,17-18H2,1-2H3/b4-3+. The summed E-state index contributed by atoms with van der Waals surface area (Å²) in [5, 5.41) is 5.33. The summed E-state index contributed by atoms with van der Waals surface area (Å²) < 4.78 is 7.20. The van der Waals surface area contributed by atoms with Crippen molar-refractivity contribution in [3.8, 4) is 28.5 Å². The number of amides is 1. The van der Waals surface area contributed by atoms with Crippen molar-refractivity contribution in [2.24, 2.45) is 0 Å². The Morgan fingerprint density at radius 2 is 1.97 bits per heavy atom. The number of rotatable bonds is 10. The zero-order chi connectivity index (χ0) is 24.6. The molecule has 0 aliphatic heterocycles. The summed E-state index contributed by atoms with van der Waals surface area (Å²) >= 11 is 6.42. The molecular weight excluding hydrogens is 462 g/mol. The van der Waals surface area contributed by atoms with Crippen LogP contribution in [0.2, 0.25) is 5.02 Å². The Hall–Kier alpha value is -3.19. The molecule has 184 valence electrons. The molecule has 0 N–H and O–H groups in total. The number of nitrogens with zero attached hydrogens (tertiary/aromatic N) is 5. The molecule has 1 aromatic carbocycles. The Kier molecular flexibility index (Phi) is 8.53. The number of pyridine rings is 1. The summed E-state index contributed by atoms with van der Waals surface area (Å²) in [5.74, 6) is 2.13. The Morgan fingerprint density at radius 1 is 1.20 bits per heavy atom. The predicted octanol–water partition coefficient (Wildman–Crippen LogP) is 5.80. The predicted molar refractivity (Wildman–Crippen MR) is 138 cm³/mol. The topological polar surface area (TPSA) is 73.1 Å². The van der Waals surface area contributed by atoms with Crippen LogP contribution in [0.15, 0.2) is 54.9 Å². The molecule has 2 heterocycles. The van der Waals surface area contributed by atoms with Crippen molar-refractivity contribution in [1.29, 1.82) is 0 Å². The maximum Gasteiger partial charge on any atom is 0.223 e. The van der Waals surface area contributed by atoms with E-state index in [1.165, 1.54) is 12.8 Å². The number of methoxy groups -OCH3 is 1. The van der Waals surface area contributed by atoms with Gasteiger partial charge in [-0.15, -0.1) is 0 Å². The number of carbonyl (C=O) groups excluding carboxylic acids is 1. The van der Waals surface area contributed by atoms with Crippen molar-refractivity contribution in [3.05, 3.63) is 59.9 Å². The summed E-state index contributed by atoms with van der Waals surface area (Å²) in [7, 11) is 1.59. The maximum atomic E-state index is 13.1. The average Bonchev–Trinajstić information content (AvgIpc) is 3.56. The summed E-state index contributed by atoms with van der Waals surface area (Å²) in [6.07, 6.45) is 13.3. The van der Waals surface area contributed by atoms with E-state index in [-0.39, 0.29) is 5.91 Å². The minimum atomic E-state index is 0.207. The highest BCUT2D eigenvalue weighted by atomic mass is 35.5. The van der Waals surface area contributed by atoms with Crippen LogP contribution in [0.25, 0.3) is 22.8 Å². The summed E-state index contributed by atoms with van der Waals surface area (Å²) in [6.45, 7) is 3.12. The normalized spacial score (nSPS) is 14.0. The van der Waals surface area contributed by atoms with E-state index in [1.54, 1.807) is 19.5 Å². The number of halogens is 1. The van der Waals surface area contributed by atoms with E-state index in [2.05, 4.69) is 16.0 Å². The van der Waals surface area contributed by atoms with E-state index >= 15 is 0 Å². The zero-order valence-electron chi connectivity index (χ0n) is 20.4. The van der Waals surface area contributed by atoms with Crippen molar-refractivity contribution in [1.82, 2.24) is 24.6 Å². The van der Waals surface area contributed by atoms with Gasteiger partial charge in [-0.2, -0.15) is 5.10 Å². The molecule has 8 heteroatoms. The molecule has 0 bridgehead atoms. The third-order valence-electron chi connectivity index (χ3n) is 6.42. The SMILES string of the molecule is C/C=C/CCC(=O)N(CCn1nc(-c2ccncc2)nc1-c1ccc(OC)c(Cl)c1)C1CCCC1. The highest BCUT2D eigenvalue weighted by Gasteiger charge is 2.26. The molecule has 0 saturated heterocycles. The molecule has 7 nitrogen and oxygen atoms in total.